The van der Waals surface area contributed by atoms with Gasteiger partial charge >= 0.3 is 0 Å². The highest BCUT2D eigenvalue weighted by molar-refractivity contribution is 4.46. The molecule has 0 aromatic rings. The largest absolute Gasteiger partial charge is 0.382 e. The number of ether oxygens (including phenoxy) is 2. The van der Waals surface area contributed by atoms with Gasteiger partial charge in [-0.05, 0) is 26.4 Å². The minimum Gasteiger partial charge on any atom is -0.382 e. The second-order valence-electron chi connectivity index (χ2n) is 3.48. The molecule has 3 nitrogen and oxygen atoms in total. The van der Waals surface area contributed by atoms with E-state index in [4.69, 9.17) is 9.47 Å². The maximum Gasteiger partial charge on any atom is 0.0700 e. The van der Waals surface area contributed by atoms with Crippen LogP contribution in [0.5, 0.6) is 0 Å². The van der Waals surface area contributed by atoms with Gasteiger partial charge in [0.1, 0.15) is 0 Å². The van der Waals surface area contributed by atoms with E-state index in [0.717, 1.165) is 19.8 Å². The van der Waals surface area contributed by atoms with Crippen LogP contribution in [-0.4, -0.2) is 40.5 Å². The van der Waals surface area contributed by atoms with Crippen molar-refractivity contribution in [2.24, 2.45) is 0 Å². The molecule has 0 aliphatic heterocycles. The third-order valence-corrected chi connectivity index (χ3v) is 2.15. The summed E-state index contributed by atoms with van der Waals surface area (Å²) in [6.45, 7) is 3.47. The molecule has 0 unspecified atom stereocenters. The zero-order valence-electron chi connectivity index (χ0n) is 9.68. The van der Waals surface area contributed by atoms with Crippen LogP contribution in [0.2, 0.25) is 0 Å². The molecule has 0 aliphatic rings. The first kappa shape index (κ1) is 13.9. The molecular formula is C11H25NO2. The second kappa shape index (κ2) is 12.9. The van der Waals surface area contributed by atoms with Crippen molar-refractivity contribution in [1.29, 1.82) is 0 Å². The standard InChI is InChI=1S/C11H25NO2/c1-12-8-6-4-3-5-7-9-14-11-10-13-2/h12H,3-11H2,1-2H3. The van der Waals surface area contributed by atoms with Crippen molar-refractivity contribution in [2.45, 2.75) is 32.1 Å². The van der Waals surface area contributed by atoms with Crippen molar-refractivity contribution in [3.8, 4) is 0 Å². The van der Waals surface area contributed by atoms with E-state index in [1.54, 1.807) is 7.11 Å². The third-order valence-electron chi connectivity index (χ3n) is 2.15. The summed E-state index contributed by atoms with van der Waals surface area (Å²) in [6.07, 6.45) is 6.43. The molecular weight excluding hydrogens is 178 g/mol. The smallest absolute Gasteiger partial charge is 0.0700 e. The average Bonchev–Trinajstić information content (AvgIpc) is 2.21. The lowest BCUT2D eigenvalue weighted by Gasteiger charge is -2.03. The summed E-state index contributed by atoms with van der Waals surface area (Å²) >= 11 is 0. The Morgan fingerprint density at radius 3 is 2.29 bits per heavy atom. The van der Waals surface area contributed by atoms with Crippen LogP contribution in [0.3, 0.4) is 0 Å². The predicted molar refractivity (Wildman–Crippen MR) is 59.7 cm³/mol. The lowest BCUT2D eigenvalue weighted by Crippen LogP contribution is -2.07. The van der Waals surface area contributed by atoms with E-state index >= 15 is 0 Å². The van der Waals surface area contributed by atoms with E-state index in [1.807, 2.05) is 7.05 Å². The van der Waals surface area contributed by atoms with Crippen LogP contribution in [0.15, 0.2) is 0 Å². The van der Waals surface area contributed by atoms with Gasteiger partial charge in [0, 0.05) is 13.7 Å². The van der Waals surface area contributed by atoms with E-state index in [0.29, 0.717) is 6.61 Å². The third kappa shape index (κ3) is 11.9. The predicted octanol–water partition coefficient (Wildman–Crippen LogP) is 1.82. The lowest BCUT2D eigenvalue weighted by atomic mass is 10.1. The Morgan fingerprint density at radius 1 is 0.857 bits per heavy atom. The molecule has 0 aliphatic carbocycles. The minimum atomic E-state index is 0.710. The van der Waals surface area contributed by atoms with Gasteiger partial charge in [0.2, 0.25) is 0 Å². The van der Waals surface area contributed by atoms with E-state index in [-0.39, 0.29) is 0 Å². The van der Waals surface area contributed by atoms with Crippen LogP contribution in [0, 0.1) is 0 Å². The van der Waals surface area contributed by atoms with Crippen molar-refractivity contribution in [3.05, 3.63) is 0 Å². The summed E-state index contributed by atoms with van der Waals surface area (Å²) in [6, 6.07) is 0. The number of rotatable bonds is 11. The van der Waals surface area contributed by atoms with Crippen molar-refractivity contribution in [3.63, 3.8) is 0 Å². The molecule has 0 saturated heterocycles. The van der Waals surface area contributed by atoms with Crippen LogP contribution in [0.4, 0.5) is 0 Å². The van der Waals surface area contributed by atoms with Crippen LogP contribution in [-0.2, 0) is 9.47 Å². The Labute approximate surface area is 88.2 Å². The molecule has 1 N–H and O–H groups in total. The van der Waals surface area contributed by atoms with E-state index in [9.17, 15) is 0 Å². The molecule has 0 heterocycles. The van der Waals surface area contributed by atoms with Crippen molar-refractivity contribution in [2.75, 3.05) is 40.5 Å². The molecule has 14 heavy (non-hydrogen) atoms. The molecule has 3 heteroatoms. The quantitative estimate of drug-likeness (QED) is 0.520. The van der Waals surface area contributed by atoms with Gasteiger partial charge in [-0.15, -0.1) is 0 Å². The van der Waals surface area contributed by atoms with Gasteiger partial charge in [0.15, 0.2) is 0 Å². The highest BCUT2D eigenvalue weighted by Crippen LogP contribution is 2.02. The van der Waals surface area contributed by atoms with Gasteiger partial charge in [-0.3, -0.25) is 0 Å². The fraction of sp³-hybridized carbons (Fsp3) is 1.00. The van der Waals surface area contributed by atoms with Gasteiger partial charge < -0.3 is 14.8 Å². The Morgan fingerprint density at radius 2 is 1.57 bits per heavy atom. The monoisotopic (exact) mass is 203 g/mol. The first-order valence-electron chi connectivity index (χ1n) is 5.63. The van der Waals surface area contributed by atoms with E-state index in [2.05, 4.69) is 5.32 Å². The van der Waals surface area contributed by atoms with Gasteiger partial charge in [0.05, 0.1) is 13.2 Å². The molecule has 0 spiro atoms. The molecule has 0 radical (unpaired) electrons. The van der Waals surface area contributed by atoms with Crippen molar-refractivity contribution >= 4 is 0 Å². The van der Waals surface area contributed by atoms with Gasteiger partial charge in [-0.1, -0.05) is 19.3 Å². The van der Waals surface area contributed by atoms with Crippen LogP contribution >= 0.6 is 0 Å². The van der Waals surface area contributed by atoms with Gasteiger partial charge in [0.25, 0.3) is 0 Å². The lowest BCUT2D eigenvalue weighted by molar-refractivity contribution is 0.0685. The molecule has 86 valence electrons. The summed E-state index contributed by atoms with van der Waals surface area (Å²) in [5, 5.41) is 3.15. The van der Waals surface area contributed by atoms with Crippen LogP contribution in [0.25, 0.3) is 0 Å². The van der Waals surface area contributed by atoms with E-state index < -0.39 is 0 Å². The number of unbranched alkanes of at least 4 members (excludes halogenated alkanes) is 4. The summed E-state index contributed by atoms with van der Waals surface area (Å²) in [7, 11) is 3.70. The normalized spacial score (nSPS) is 10.7. The zero-order valence-corrected chi connectivity index (χ0v) is 9.68. The molecule has 0 atom stereocenters. The summed E-state index contributed by atoms with van der Waals surface area (Å²) in [4.78, 5) is 0. The highest BCUT2D eigenvalue weighted by Gasteiger charge is 1.91. The molecule has 0 bridgehead atoms. The Bertz CT molecular complexity index is 87.3. The molecule has 0 fully saturated rings. The topological polar surface area (TPSA) is 30.5 Å². The van der Waals surface area contributed by atoms with Crippen molar-refractivity contribution in [1.82, 2.24) is 5.32 Å². The van der Waals surface area contributed by atoms with Crippen molar-refractivity contribution < 1.29 is 9.47 Å². The molecule has 0 aromatic heterocycles. The fourth-order valence-corrected chi connectivity index (χ4v) is 1.28. The molecule has 0 saturated carbocycles. The number of hydrogen-bond donors (Lipinski definition) is 1. The highest BCUT2D eigenvalue weighted by atomic mass is 16.5. The van der Waals surface area contributed by atoms with Crippen LogP contribution < -0.4 is 5.32 Å². The zero-order chi connectivity index (χ0) is 10.5. The summed E-state index contributed by atoms with van der Waals surface area (Å²) < 4.78 is 10.2. The minimum absolute atomic E-state index is 0.710. The van der Waals surface area contributed by atoms with Crippen LogP contribution in [0.1, 0.15) is 32.1 Å². The Kier molecular flexibility index (Phi) is 12.8. The van der Waals surface area contributed by atoms with Gasteiger partial charge in [-0.25, -0.2) is 0 Å². The maximum atomic E-state index is 5.36. The SMILES string of the molecule is CNCCCCCCCOCCOC. The first-order valence-corrected chi connectivity index (χ1v) is 5.63. The molecule has 0 rings (SSSR count). The second-order valence-corrected chi connectivity index (χ2v) is 3.48. The number of nitrogens with one attached hydrogen (secondary N) is 1. The summed E-state index contributed by atoms with van der Waals surface area (Å²) in [5.41, 5.74) is 0. The van der Waals surface area contributed by atoms with E-state index in [1.165, 1.54) is 32.1 Å². The maximum absolute atomic E-state index is 5.36. The average molecular weight is 203 g/mol. The fourth-order valence-electron chi connectivity index (χ4n) is 1.28. The Hall–Kier alpha value is -0.120. The molecule has 0 aromatic carbocycles. The number of methoxy groups -OCH3 is 1. The number of hydrogen-bond acceptors (Lipinski definition) is 3. The van der Waals surface area contributed by atoms with Gasteiger partial charge in [-0.2, -0.15) is 0 Å². The molecule has 0 amide bonds. The summed E-state index contributed by atoms with van der Waals surface area (Å²) in [5.74, 6) is 0. The first-order chi connectivity index (χ1) is 6.91. The Balaban J connectivity index is 2.78.